The van der Waals surface area contributed by atoms with Gasteiger partial charge in [0.25, 0.3) is 10.0 Å². The number of nitrogens with one attached hydrogen (secondary N) is 3. The van der Waals surface area contributed by atoms with E-state index in [0.717, 1.165) is 49.9 Å². The zero-order valence-electron chi connectivity index (χ0n) is 26.6. The summed E-state index contributed by atoms with van der Waals surface area (Å²) in [6.45, 7) is 7.76. The minimum absolute atomic E-state index is 0.0184. The van der Waals surface area contributed by atoms with Gasteiger partial charge in [-0.05, 0) is 48.5 Å². The summed E-state index contributed by atoms with van der Waals surface area (Å²) in [7, 11) is -2.26. The summed E-state index contributed by atoms with van der Waals surface area (Å²) in [5, 5.41) is 19.7. The van der Waals surface area contributed by atoms with Gasteiger partial charge in [0.2, 0.25) is 11.8 Å². The van der Waals surface area contributed by atoms with Crippen molar-refractivity contribution in [2.75, 3.05) is 26.7 Å². The van der Waals surface area contributed by atoms with Crippen molar-refractivity contribution in [3.05, 3.63) is 17.5 Å². The predicted octanol–water partition coefficient (Wildman–Crippen LogP) is 3.39. The van der Waals surface area contributed by atoms with Crippen LogP contribution >= 0.6 is 11.3 Å². The van der Waals surface area contributed by atoms with E-state index >= 15 is 0 Å². The second kappa shape index (κ2) is 15.0. The number of hydrogen-bond donors (Lipinski definition) is 4. The van der Waals surface area contributed by atoms with Crippen molar-refractivity contribution in [1.82, 2.24) is 25.2 Å². The number of carboxylic acids is 1. The topological polar surface area (TPSA) is 165 Å². The number of hydrogen-bond acceptors (Lipinski definition) is 7. The van der Waals surface area contributed by atoms with Crippen LogP contribution in [0.4, 0.5) is 4.79 Å². The molecule has 1 aromatic rings. The van der Waals surface area contributed by atoms with Gasteiger partial charge in [0.15, 0.2) is 0 Å². The van der Waals surface area contributed by atoms with Crippen LogP contribution in [0.3, 0.4) is 0 Å². The molecule has 4 atom stereocenters. The molecule has 12 nitrogen and oxygen atoms in total. The van der Waals surface area contributed by atoms with Crippen LogP contribution in [0.25, 0.3) is 0 Å². The highest BCUT2D eigenvalue weighted by Gasteiger charge is 2.61. The normalized spacial score (nSPS) is 22.5. The molecule has 1 saturated heterocycles. The molecule has 2 fully saturated rings. The second-order valence-electron chi connectivity index (χ2n) is 13.1. The molecule has 248 valence electrons. The van der Waals surface area contributed by atoms with Gasteiger partial charge in [0.1, 0.15) is 15.8 Å². The average molecular weight is 656 g/mol. The molecule has 1 saturated carbocycles. The SMILES string of the molecule is CCCCCCCC1C[C@]1(NC(=O)[C@@H]1CCCN1C(=O)CNC(=O)NC(CN(C)S(=O)(=O)c1cccs1)C(C)(C)C)C(=O)O. The van der Waals surface area contributed by atoms with Crippen LogP contribution in [-0.4, -0.2) is 90.8 Å². The standard InChI is InChI=1S/C30H49N5O7S2/c1-6-7-8-9-10-13-21-18-30(21,27(38)39)33-26(37)22-14-11-16-35(22)24(36)19-31-28(40)32-23(29(2,3)4)20-34(5)44(41,42)25-15-12-17-43-25/h12,15,17,21-23H,6-11,13-14,16,18-20H2,1-5H3,(H,33,37)(H,38,39)(H2,31,32,40)/t21?,22-,23?,30+/m0/s1. The third-order valence-corrected chi connectivity index (χ3v) is 11.9. The van der Waals surface area contributed by atoms with Crippen LogP contribution in [-0.2, 0) is 24.4 Å². The summed E-state index contributed by atoms with van der Waals surface area (Å²) in [6.07, 6.45) is 7.51. The van der Waals surface area contributed by atoms with Crippen LogP contribution in [0.15, 0.2) is 21.7 Å². The molecule has 0 radical (unpaired) electrons. The molecule has 2 heterocycles. The van der Waals surface area contributed by atoms with Crippen LogP contribution in [0.2, 0.25) is 0 Å². The maximum absolute atomic E-state index is 13.2. The van der Waals surface area contributed by atoms with E-state index in [1.54, 1.807) is 11.4 Å². The molecule has 2 aliphatic rings. The Morgan fingerprint density at radius 1 is 1.18 bits per heavy atom. The molecular formula is C30H49N5O7S2. The fourth-order valence-electron chi connectivity index (χ4n) is 5.70. The van der Waals surface area contributed by atoms with E-state index in [1.807, 2.05) is 20.8 Å². The molecule has 44 heavy (non-hydrogen) atoms. The smallest absolute Gasteiger partial charge is 0.329 e. The zero-order valence-corrected chi connectivity index (χ0v) is 28.2. The lowest BCUT2D eigenvalue weighted by Crippen LogP contribution is -2.56. The summed E-state index contributed by atoms with van der Waals surface area (Å²) < 4.78 is 27.2. The molecule has 3 rings (SSSR count). The second-order valence-corrected chi connectivity index (χ2v) is 16.3. The third kappa shape index (κ3) is 8.94. The van der Waals surface area contributed by atoms with Crippen molar-refractivity contribution < 1.29 is 32.7 Å². The van der Waals surface area contributed by atoms with Crippen LogP contribution < -0.4 is 16.0 Å². The Kier molecular flexibility index (Phi) is 12.2. The van der Waals surface area contributed by atoms with Crippen molar-refractivity contribution in [2.45, 2.75) is 107 Å². The van der Waals surface area contributed by atoms with E-state index < -0.39 is 56.9 Å². The number of carbonyl (C=O) groups excluding carboxylic acids is 3. The third-order valence-electron chi connectivity index (χ3n) is 8.72. The van der Waals surface area contributed by atoms with Crippen molar-refractivity contribution in [2.24, 2.45) is 11.3 Å². The zero-order chi connectivity index (χ0) is 32.7. The lowest BCUT2D eigenvalue weighted by molar-refractivity contribution is -0.145. The van der Waals surface area contributed by atoms with E-state index in [2.05, 4.69) is 22.9 Å². The number of urea groups is 1. The number of amides is 4. The molecular weight excluding hydrogens is 606 g/mol. The maximum atomic E-state index is 13.2. The van der Waals surface area contributed by atoms with Crippen molar-refractivity contribution in [3.63, 3.8) is 0 Å². The lowest BCUT2D eigenvalue weighted by Gasteiger charge is -2.34. The Labute approximate surface area is 265 Å². The predicted molar refractivity (Wildman–Crippen MR) is 169 cm³/mol. The molecule has 2 unspecified atom stereocenters. The number of thiophene rings is 1. The number of carbonyl (C=O) groups is 4. The van der Waals surface area contributed by atoms with E-state index in [9.17, 15) is 32.7 Å². The van der Waals surface area contributed by atoms with Crippen molar-refractivity contribution >= 4 is 45.2 Å². The summed E-state index contributed by atoms with van der Waals surface area (Å²) in [6, 6.07) is 1.18. The van der Waals surface area contributed by atoms with Gasteiger partial charge in [-0.2, -0.15) is 4.31 Å². The van der Waals surface area contributed by atoms with E-state index in [4.69, 9.17) is 0 Å². The van der Waals surface area contributed by atoms with Gasteiger partial charge in [0.05, 0.1) is 6.54 Å². The lowest BCUT2D eigenvalue weighted by atomic mass is 9.87. The van der Waals surface area contributed by atoms with Crippen molar-refractivity contribution in [3.8, 4) is 0 Å². The van der Waals surface area contributed by atoms with Gasteiger partial charge in [-0.1, -0.05) is 65.9 Å². The number of likely N-dealkylation sites (tertiary alicyclic amines) is 1. The van der Waals surface area contributed by atoms with E-state index in [-0.39, 0.29) is 23.2 Å². The largest absolute Gasteiger partial charge is 0.479 e. The number of rotatable bonds is 16. The Morgan fingerprint density at radius 3 is 2.50 bits per heavy atom. The molecule has 14 heteroatoms. The van der Waals surface area contributed by atoms with Crippen LogP contribution in [0.1, 0.15) is 85.5 Å². The number of sulfonamides is 1. The fourth-order valence-corrected chi connectivity index (χ4v) is 8.09. The average Bonchev–Trinajstić information content (AvgIpc) is 3.34. The Hall–Kier alpha value is -2.71. The van der Waals surface area contributed by atoms with Gasteiger partial charge in [0, 0.05) is 26.2 Å². The van der Waals surface area contributed by atoms with Gasteiger partial charge in [-0.3, -0.25) is 9.59 Å². The highest BCUT2D eigenvalue weighted by molar-refractivity contribution is 7.91. The molecule has 0 spiro atoms. The number of unbranched alkanes of at least 4 members (excludes halogenated alkanes) is 4. The van der Waals surface area contributed by atoms with E-state index in [0.29, 0.717) is 25.8 Å². The molecule has 4 amide bonds. The number of likely N-dealkylation sites (N-methyl/N-ethyl adjacent to an activating group) is 1. The number of aliphatic carboxylic acids is 1. The first-order chi connectivity index (χ1) is 20.6. The maximum Gasteiger partial charge on any atom is 0.329 e. The van der Waals surface area contributed by atoms with Gasteiger partial charge in [-0.25, -0.2) is 18.0 Å². The molecule has 4 N–H and O–H groups in total. The summed E-state index contributed by atoms with van der Waals surface area (Å²) in [5.41, 5.74) is -1.78. The van der Waals surface area contributed by atoms with Gasteiger partial charge >= 0.3 is 12.0 Å². The minimum atomic E-state index is -3.72. The van der Waals surface area contributed by atoms with E-state index in [1.165, 1.54) is 22.3 Å². The Morgan fingerprint density at radius 2 is 1.89 bits per heavy atom. The number of nitrogens with zero attached hydrogens (tertiary/aromatic N) is 2. The molecule has 1 aliphatic carbocycles. The Bertz CT molecular complexity index is 1260. The highest BCUT2D eigenvalue weighted by Crippen LogP contribution is 2.47. The molecule has 1 aromatic heterocycles. The quantitative estimate of drug-likeness (QED) is 0.198. The highest BCUT2D eigenvalue weighted by atomic mass is 32.2. The molecule has 0 aromatic carbocycles. The monoisotopic (exact) mass is 655 g/mol. The fraction of sp³-hybridized carbons (Fsp3) is 0.733. The van der Waals surface area contributed by atoms with Crippen LogP contribution in [0.5, 0.6) is 0 Å². The van der Waals surface area contributed by atoms with Gasteiger partial charge < -0.3 is 26.0 Å². The first-order valence-corrected chi connectivity index (χ1v) is 17.8. The summed E-state index contributed by atoms with van der Waals surface area (Å²) in [5.74, 6) is -2.08. The van der Waals surface area contributed by atoms with Crippen LogP contribution in [0, 0.1) is 11.3 Å². The first-order valence-electron chi connectivity index (χ1n) is 15.5. The summed E-state index contributed by atoms with van der Waals surface area (Å²) in [4.78, 5) is 52.7. The molecule has 1 aliphatic heterocycles. The Balaban J connectivity index is 1.53. The minimum Gasteiger partial charge on any atom is -0.479 e. The van der Waals surface area contributed by atoms with Crippen molar-refractivity contribution in [1.29, 1.82) is 0 Å². The summed E-state index contributed by atoms with van der Waals surface area (Å²) >= 11 is 1.12. The van der Waals surface area contributed by atoms with Gasteiger partial charge in [-0.15, -0.1) is 11.3 Å². The first kappa shape index (κ1) is 35.8. The number of carboxylic acid groups (broad SMARTS) is 1. The molecule has 0 bridgehead atoms.